The van der Waals surface area contributed by atoms with Gasteiger partial charge in [0.2, 0.25) is 0 Å². The van der Waals surface area contributed by atoms with Crippen molar-refractivity contribution in [2.24, 2.45) is 0 Å². The molecule has 0 radical (unpaired) electrons. The van der Waals surface area contributed by atoms with Gasteiger partial charge in [0, 0.05) is 121 Å². The number of rotatable bonds is 6. The largest absolute Gasteiger partial charge is 0.479 e. The number of pyridine rings is 2. The molecule has 14 heteroatoms. The van der Waals surface area contributed by atoms with Crippen molar-refractivity contribution >= 4 is 56.8 Å². The minimum atomic E-state index is -0.524. The van der Waals surface area contributed by atoms with Crippen LogP contribution in [0.4, 0.5) is 0 Å². The van der Waals surface area contributed by atoms with Gasteiger partial charge in [-0.15, -0.1) is 0 Å². The molecule has 2 atom stereocenters. The lowest BCUT2D eigenvalue weighted by Gasteiger charge is -2.29. The van der Waals surface area contributed by atoms with E-state index in [9.17, 15) is 19.8 Å². The van der Waals surface area contributed by atoms with E-state index in [0.717, 1.165) is 92.5 Å². The summed E-state index contributed by atoms with van der Waals surface area (Å²) >= 11 is 12.9. The van der Waals surface area contributed by atoms with Crippen LogP contribution in [0.1, 0.15) is 22.3 Å². The van der Waals surface area contributed by atoms with Crippen molar-refractivity contribution in [3.05, 3.63) is 117 Å². The number of aliphatic hydroxyl groups excluding tert-OH is 2. The Hall–Kier alpha value is -5.34. The van der Waals surface area contributed by atoms with Crippen molar-refractivity contribution in [1.82, 2.24) is 30.4 Å². The van der Waals surface area contributed by atoms with Gasteiger partial charge >= 0.3 is 0 Å². The molecule has 4 aliphatic rings. The zero-order chi connectivity index (χ0) is 41.3. The highest BCUT2D eigenvalue weighted by atomic mass is 35.5. The van der Waals surface area contributed by atoms with Crippen molar-refractivity contribution in [3.63, 3.8) is 0 Å². The van der Waals surface area contributed by atoms with Gasteiger partial charge in [0.25, 0.3) is 11.8 Å². The molecule has 6 aromatic rings. The number of carbonyl (C=O) groups excluding carboxylic acids is 2. The Morgan fingerprint density at radius 3 is 1.42 bits per heavy atom. The first-order chi connectivity index (χ1) is 29.3. The molecule has 10 rings (SSSR count). The molecule has 2 saturated heterocycles. The van der Waals surface area contributed by atoms with Crippen LogP contribution >= 0.6 is 23.2 Å². The third-order valence-electron chi connectivity index (χ3n) is 11.6. The van der Waals surface area contributed by atoms with Crippen molar-refractivity contribution in [2.45, 2.75) is 38.3 Å². The first kappa shape index (κ1) is 40.1. The number of aromatic nitrogens is 2. The highest BCUT2D eigenvalue weighted by Gasteiger charge is 2.36. The van der Waals surface area contributed by atoms with Crippen molar-refractivity contribution in [2.75, 3.05) is 52.4 Å². The van der Waals surface area contributed by atoms with Crippen LogP contribution in [0.15, 0.2) is 85.2 Å². The number of amides is 2. The zero-order valence-corrected chi connectivity index (χ0v) is 34.3. The van der Waals surface area contributed by atoms with E-state index < -0.39 is 12.2 Å². The molecular weight excluding hydrogens is 803 g/mol. The average Bonchev–Trinajstić information content (AvgIpc) is 3.93. The van der Waals surface area contributed by atoms with Gasteiger partial charge in [-0.05, 0) is 70.8 Å². The van der Waals surface area contributed by atoms with Crippen LogP contribution in [0.3, 0.4) is 0 Å². The average molecular weight is 848 g/mol. The van der Waals surface area contributed by atoms with Crippen molar-refractivity contribution < 1.29 is 29.3 Å². The van der Waals surface area contributed by atoms with Crippen LogP contribution in [0.25, 0.3) is 44.1 Å². The third-order valence-corrected chi connectivity index (χ3v) is 12.0. The molecule has 4 aromatic carbocycles. The van der Waals surface area contributed by atoms with E-state index in [-0.39, 0.29) is 25.0 Å². The van der Waals surface area contributed by atoms with Gasteiger partial charge in [-0.25, -0.2) is 0 Å². The summed E-state index contributed by atoms with van der Waals surface area (Å²) in [4.78, 5) is 38.6. The van der Waals surface area contributed by atoms with Gasteiger partial charge in [0.1, 0.15) is 11.5 Å². The monoisotopic (exact) mass is 846 g/mol. The summed E-state index contributed by atoms with van der Waals surface area (Å²) in [6, 6.07) is 22.8. The van der Waals surface area contributed by atoms with Crippen LogP contribution < -0.4 is 20.1 Å². The number of fused-ring (bicyclic) bond motifs is 4. The number of piperazine rings is 2. The molecule has 2 fully saturated rings. The van der Waals surface area contributed by atoms with Gasteiger partial charge in [-0.3, -0.25) is 19.6 Å². The topological polar surface area (TPSA) is 149 Å². The molecule has 0 bridgehead atoms. The SMILES string of the molecule is O=C([C@@H]1Cc2cc(Cl)cc(-c3ccnc4cc(CO)ccc34)c2O1)N1CCNCC1.O=C([C@H]1Cc2cc(Cl)cc(-c3ccnc4cc(CO)ccc34)c2O1)N1CCNCC1. The van der Waals surface area contributed by atoms with Crippen LogP contribution in [-0.2, 0) is 35.6 Å². The maximum atomic E-state index is 13.0. The maximum Gasteiger partial charge on any atom is 0.264 e. The normalized spacial score (nSPS) is 18.3. The second-order valence-corrected chi connectivity index (χ2v) is 16.3. The predicted octanol–water partition coefficient (Wildman–Crippen LogP) is 5.57. The first-order valence-corrected chi connectivity index (χ1v) is 21.0. The van der Waals surface area contributed by atoms with Crippen LogP contribution in [0.5, 0.6) is 11.5 Å². The lowest BCUT2D eigenvalue weighted by molar-refractivity contribution is -0.139. The number of nitrogens with one attached hydrogen (secondary N) is 2. The molecule has 308 valence electrons. The molecule has 0 unspecified atom stereocenters. The molecule has 0 saturated carbocycles. The number of benzene rings is 4. The van der Waals surface area contributed by atoms with E-state index in [1.165, 1.54) is 0 Å². The van der Waals surface area contributed by atoms with Gasteiger partial charge < -0.3 is 40.1 Å². The Morgan fingerprint density at radius 2 is 1.02 bits per heavy atom. The number of carbonyl (C=O) groups is 2. The highest BCUT2D eigenvalue weighted by Crippen LogP contribution is 2.45. The number of halogens is 2. The maximum absolute atomic E-state index is 13.0. The van der Waals surface area contributed by atoms with Crippen molar-refractivity contribution in [1.29, 1.82) is 0 Å². The van der Waals surface area contributed by atoms with E-state index in [2.05, 4.69) is 20.6 Å². The quantitative estimate of drug-likeness (QED) is 0.168. The van der Waals surface area contributed by atoms with Crippen molar-refractivity contribution in [3.8, 4) is 33.8 Å². The Bertz CT molecular complexity index is 2430. The minimum Gasteiger partial charge on any atom is -0.479 e. The molecular formula is C46H44Cl2N6O6. The van der Waals surface area contributed by atoms with E-state index in [0.29, 0.717) is 60.6 Å². The number of hydrogen-bond donors (Lipinski definition) is 4. The van der Waals surface area contributed by atoms with Crippen LogP contribution in [0, 0.1) is 0 Å². The van der Waals surface area contributed by atoms with Gasteiger partial charge in [-0.2, -0.15) is 0 Å². The van der Waals surface area contributed by atoms with Gasteiger partial charge in [0.05, 0.1) is 24.2 Å². The summed E-state index contributed by atoms with van der Waals surface area (Å²) in [5.74, 6) is 1.49. The van der Waals surface area contributed by atoms with E-state index >= 15 is 0 Å². The Balaban J connectivity index is 0.000000154. The molecule has 0 aliphatic carbocycles. The Kier molecular flexibility index (Phi) is 11.6. The second-order valence-electron chi connectivity index (χ2n) is 15.4. The third kappa shape index (κ3) is 7.99. The fourth-order valence-corrected chi connectivity index (χ4v) is 9.04. The molecule has 6 heterocycles. The fourth-order valence-electron chi connectivity index (χ4n) is 8.56. The standard InChI is InChI=1S/2C23H22ClN3O3/c2*24-16-10-15-11-21(23(29)27-7-5-25-6-8-27)30-22(15)19(12-16)17-3-4-26-20-9-14(13-28)1-2-18(17)20/h2*1-4,9-10,12,21,25,28H,5-8,11,13H2/t2*21-/m10/s1. The number of ether oxygens (including phenoxy) is 2. The van der Waals surface area contributed by atoms with E-state index in [4.69, 9.17) is 32.7 Å². The predicted molar refractivity (Wildman–Crippen MR) is 231 cm³/mol. The zero-order valence-electron chi connectivity index (χ0n) is 32.8. The molecule has 2 amide bonds. The van der Waals surface area contributed by atoms with E-state index in [1.54, 1.807) is 12.4 Å². The number of hydrogen-bond acceptors (Lipinski definition) is 10. The minimum absolute atomic E-state index is 0.0296. The van der Waals surface area contributed by atoms with E-state index in [1.807, 2.05) is 82.6 Å². The fraction of sp³-hybridized carbons (Fsp3) is 0.304. The summed E-state index contributed by atoms with van der Waals surface area (Å²) in [7, 11) is 0. The van der Waals surface area contributed by atoms with Crippen LogP contribution in [-0.4, -0.2) is 106 Å². The molecule has 0 spiro atoms. The smallest absolute Gasteiger partial charge is 0.264 e. The first-order valence-electron chi connectivity index (χ1n) is 20.2. The molecule has 4 aliphatic heterocycles. The molecule has 2 aromatic heterocycles. The number of aliphatic hydroxyl groups is 2. The lowest BCUT2D eigenvalue weighted by Crippen LogP contribution is -2.50. The summed E-state index contributed by atoms with van der Waals surface area (Å²) in [6.45, 7) is 5.96. The van der Waals surface area contributed by atoms with Crippen LogP contribution in [0.2, 0.25) is 10.0 Å². The highest BCUT2D eigenvalue weighted by molar-refractivity contribution is 6.31. The lowest BCUT2D eigenvalue weighted by atomic mass is 9.97. The summed E-state index contributed by atoms with van der Waals surface area (Å²) in [5.41, 5.74) is 8.69. The molecule has 60 heavy (non-hydrogen) atoms. The van der Waals surface area contributed by atoms with Gasteiger partial charge in [0.15, 0.2) is 12.2 Å². The Morgan fingerprint density at radius 1 is 0.600 bits per heavy atom. The van der Waals surface area contributed by atoms with Gasteiger partial charge in [-0.1, -0.05) is 47.5 Å². The second kappa shape index (κ2) is 17.3. The molecule has 12 nitrogen and oxygen atoms in total. The molecule has 4 N–H and O–H groups in total. The summed E-state index contributed by atoms with van der Waals surface area (Å²) in [6.07, 6.45) is 3.47. The summed E-state index contributed by atoms with van der Waals surface area (Å²) < 4.78 is 12.5. The Labute approximate surface area is 357 Å². The summed E-state index contributed by atoms with van der Waals surface area (Å²) in [5, 5.41) is 28.5. The number of nitrogens with zero attached hydrogens (tertiary/aromatic N) is 4.